The van der Waals surface area contributed by atoms with Gasteiger partial charge in [-0.15, -0.1) is 0 Å². The van der Waals surface area contributed by atoms with Gasteiger partial charge in [-0.3, -0.25) is 4.79 Å². The Hall–Kier alpha value is -0.650. The molecule has 0 amide bonds. The van der Waals surface area contributed by atoms with Crippen molar-refractivity contribution in [3.8, 4) is 0 Å². The summed E-state index contributed by atoms with van der Waals surface area (Å²) in [5, 5.41) is 0. The first-order chi connectivity index (χ1) is 6.95. The second-order valence-corrected chi connectivity index (χ2v) is 3.91. The zero-order chi connectivity index (χ0) is 11.7. The molecule has 0 aromatic carbocycles. The van der Waals surface area contributed by atoms with Gasteiger partial charge in [-0.25, -0.2) is 9.78 Å². The summed E-state index contributed by atoms with van der Waals surface area (Å²) in [5.74, 6) is -0.276. The number of esters is 1. The number of ether oxygens (including phenoxy) is 2. The van der Waals surface area contributed by atoms with Gasteiger partial charge >= 0.3 is 5.97 Å². The molecule has 0 radical (unpaired) electrons. The highest BCUT2D eigenvalue weighted by Crippen LogP contribution is 2.06. The third kappa shape index (κ3) is 11.3. The maximum atomic E-state index is 10.7. The van der Waals surface area contributed by atoms with Gasteiger partial charge in [-0.05, 0) is 20.8 Å². The zero-order valence-corrected chi connectivity index (χ0v) is 9.87. The molecule has 0 bridgehead atoms. The van der Waals surface area contributed by atoms with Gasteiger partial charge in [0.15, 0.2) is 6.79 Å². The minimum Gasteiger partial charge on any atom is -0.438 e. The molecule has 0 N–H and O–H groups in total. The smallest absolute Gasteiger partial charge is 0.307 e. The first-order valence-corrected chi connectivity index (χ1v) is 4.99. The normalized spacial score (nSPS) is 11.5. The van der Waals surface area contributed by atoms with Crippen molar-refractivity contribution in [3.05, 3.63) is 0 Å². The van der Waals surface area contributed by atoms with Gasteiger partial charge in [0, 0.05) is 6.42 Å². The molecule has 0 rings (SSSR count). The highest BCUT2D eigenvalue weighted by atomic mass is 17.2. The molecular weight excluding hydrogens is 200 g/mol. The van der Waals surface area contributed by atoms with Crippen molar-refractivity contribution in [3.63, 3.8) is 0 Å². The third-order valence-electron chi connectivity index (χ3n) is 1.21. The Balaban J connectivity index is 3.16. The lowest BCUT2D eigenvalue weighted by atomic mass is 10.2. The molecule has 0 atom stereocenters. The maximum absolute atomic E-state index is 10.7. The largest absolute Gasteiger partial charge is 0.438 e. The van der Waals surface area contributed by atoms with Gasteiger partial charge in [-0.1, -0.05) is 6.92 Å². The molecule has 0 unspecified atom stereocenters. The SMILES string of the molecule is CCC(=O)OCOCCOOC(C)(C)C. The quantitative estimate of drug-likeness (QED) is 0.215. The van der Waals surface area contributed by atoms with Crippen LogP contribution in [0.3, 0.4) is 0 Å². The molecule has 0 saturated heterocycles. The second-order valence-electron chi connectivity index (χ2n) is 3.91. The summed E-state index contributed by atoms with van der Waals surface area (Å²) in [6.45, 7) is 7.98. The van der Waals surface area contributed by atoms with E-state index in [1.54, 1.807) is 6.92 Å². The van der Waals surface area contributed by atoms with Crippen molar-refractivity contribution in [1.29, 1.82) is 0 Å². The number of hydrogen-bond donors (Lipinski definition) is 0. The van der Waals surface area contributed by atoms with Crippen LogP contribution < -0.4 is 0 Å². The summed E-state index contributed by atoms with van der Waals surface area (Å²) in [7, 11) is 0. The minimum absolute atomic E-state index is 0.0362. The fourth-order valence-electron chi connectivity index (χ4n) is 0.580. The summed E-state index contributed by atoms with van der Waals surface area (Å²) < 4.78 is 9.65. The number of rotatable bonds is 7. The highest BCUT2D eigenvalue weighted by Gasteiger charge is 2.10. The fraction of sp³-hybridized carbons (Fsp3) is 0.900. The topological polar surface area (TPSA) is 54.0 Å². The molecule has 0 aliphatic carbocycles. The molecule has 0 aliphatic heterocycles. The van der Waals surface area contributed by atoms with Gasteiger partial charge in [0.1, 0.15) is 6.61 Å². The Morgan fingerprint density at radius 3 is 2.40 bits per heavy atom. The van der Waals surface area contributed by atoms with Crippen LogP contribution in [0.2, 0.25) is 0 Å². The van der Waals surface area contributed by atoms with Crippen LogP contribution in [0.4, 0.5) is 0 Å². The highest BCUT2D eigenvalue weighted by molar-refractivity contribution is 5.68. The van der Waals surface area contributed by atoms with Crippen LogP contribution in [-0.4, -0.2) is 31.6 Å². The van der Waals surface area contributed by atoms with Crippen LogP contribution in [0.25, 0.3) is 0 Å². The lowest BCUT2D eigenvalue weighted by Crippen LogP contribution is -2.21. The van der Waals surface area contributed by atoms with Gasteiger partial charge in [0.05, 0.1) is 12.2 Å². The Morgan fingerprint density at radius 2 is 1.87 bits per heavy atom. The summed E-state index contributed by atoms with van der Waals surface area (Å²) in [6.07, 6.45) is 0.354. The van der Waals surface area contributed by atoms with Gasteiger partial charge < -0.3 is 9.47 Å². The summed E-state index contributed by atoms with van der Waals surface area (Å²) in [6, 6.07) is 0. The second kappa shape index (κ2) is 7.62. The summed E-state index contributed by atoms with van der Waals surface area (Å²) >= 11 is 0. The van der Waals surface area contributed by atoms with E-state index >= 15 is 0 Å². The molecule has 0 aromatic rings. The van der Waals surface area contributed by atoms with Crippen molar-refractivity contribution >= 4 is 5.97 Å². The van der Waals surface area contributed by atoms with Crippen LogP contribution in [0.15, 0.2) is 0 Å². The van der Waals surface area contributed by atoms with Crippen molar-refractivity contribution in [2.24, 2.45) is 0 Å². The lowest BCUT2D eigenvalue weighted by Gasteiger charge is -2.17. The first kappa shape index (κ1) is 14.3. The van der Waals surface area contributed by atoms with E-state index in [1.807, 2.05) is 20.8 Å². The molecule has 0 spiro atoms. The van der Waals surface area contributed by atoms with Gasteiger partial charge in [-0.2, -0.15) is 0 Å². The first-order valence-electron chi connectivity index (χ1n) is 4.99. The molecule has 5 heteroatoms. The monoisotopic (exact) mass is 220 g/mol. The standard InChI is InChI=1S/C10H20O5/c1-5-9(11)13-8-12-6-7-14-15-10(2,3)4/h5-8H2,1-4H3. The molecule has 0 aromatic heterocycles. The Morgan fingerprint density at radius 1 is 1.20 bits per heavy atom. The minimum atomic E-state index is -0.325. The molecule has 90 valence electrons. The lowest BCUT2D eigenvalue weighted by molar-refractivity contribution is -0.352. The van der Waals surface area contributed by atoms with Crippen molar-refractivity contribution in [2.75, 3.05) is 20.0 Å². The molecule has 0 fully saturated rings. The zero-order valence-electron chi connectivity index (χ0n) is 9.87. The summed E-state index contributed by atoms with van der Waals surface area (Å²) in [5.41, 5.74) is -0.325. The van der Waals surface area contributed by atoms with E-state index in [1.165, 1.54) is 0 Å². The number of carbonyl (C=O) groups is 1. The van der Waals surface area contributed by atoms with E-state index in [2.05, 4.69) is 4.74 Å². The van der Waals surface area contributed by atoms with E-state index in [0.717, 1.165) is 0 Å². The van der Waals surface area contributed by atoms with Gasteiger partial charge in [0.25, 0.3) is 0 Å². The van der Waals surface area contributed by atoms with Gasteiger partial charge in [0.2, 0.25) is 0 Å². The van der Waals surface area contributed by atoms with E-state index in [-0.39, 0.29) is 18.4 Å². The van der Waals surface area contributed by atoms with E-state index in [4.69, 9.17) is 14.5 Å². The average molecular weight is 220 g/mol. The van der Waals surface area contributed by atoms with E-state index in [9.17, 15) is 4.79 Å². The fourth-order valence-corrected chi connectivity index (χ4v) is 0.580. The third-order valence-corrected chi connectivity index (χ3v) is 1.21. The Labute approximate surface area is 90.6 Å². The Kier molecular flexibility index (Phi) is 7.29. The molecule has 0 heterocycles. The molecule has 0 aliphatic rings. The van der Waals surface area contributed by atoms with Crippen LogP contribution in [0.5, 0.6) is 0 Å². The average Bonchev–Trinajstić information content (AvgIpc) is 2.14. The predicted octanol–water partition coefficient (Wildman–Crippen LogP) is 1.66. The molecular formula is C10H20O5. The van der Waals surface area contributed by atoms with Crippen LogP contribution in [0.1, 0.15) is 34.1 Å². The summed E-state index contributed by atoms with van der Waals surface area (Å²) in [4.78, 5) is 20.5. The molecule has 0 saturated carbocycles. The number of hydrogen-bond acceptors (Lipinski definition) is 5. The number of carbonyl (C=O) groups excluding carboxylic acids is 1. The van der Waals surface area contributed by atoms with Crippen LogP contribution >= 0.6 is 0 Å². The Bertz CT molecular complexity index is 173. The van der Waals surface area contributed by atoms with E-state index < -0.39 is 0 Å². The van der Waals surface area contributed by atoms with Crippen molar-refractivity contribution in [2.45, 2.75) is 39.7 Å². The van der Waals surface area contributed by atoms with Crippen LogP contribution in [0, 0.1) is 0 Å². The van der Waals surface area contributed by atoms with Crippen LogP contribution in [-0.2, 0) is 24.0 Å². The van der Waals surface area contributed by atoms with Crippen molar-refractivity contribution < 1.29 is 24.0 Å². The molecule has 15 heavy (non-hydrogen) atoms. The predicted molar refractivity (Wildman–Crippen MR) is 54.0 cm³/mol. The van der Waals surface area contributed by atoms with E-state index in [0.29, 0.717) is 19.6 Å². The van der Waals surface area contributed by atoms with Crippen molar-refractivity contribution in [1.82, 2.24) is 0 Å². The maximum Gasteiger partial charge on any atom is 0.307 e. The molecule has 5 nitrogen and oxygen atoms in total.